The summed E-state index contributed by atoms with van der Waals surface area (Å²) in [4.78, 5) is 12.6. The molecule has 0 unspecified atom stereocenters. The summed E-state index contributed by atoms with van der Waals surface area (Å²) in [6, 6.07) is 25.8. The molecule has 0 atom stereocenters. The average molecular weight is 521 g/mol. The van der Waals surface area contributed by atoms with Gasteiger partial charge in [-0.3, -0.25) is 4.79 Å². The van der Waals surface area contributed by atoms with Crippen LogP contribution in [-0.2, 0) is 6.61 Å². The Morgan fingerprint density at radius 3 is 2.15 bits per heavy atom. The van der Waals surface area contributed by atoms with Crippen molar-refractivity contribution in [1.29, 1.82) is 0 Å². The summed E-state index contributed by atoms with van der Waals surface area (Å²) in [6.07, 6.45) is 1.65. The maximum absolute atomic E-state index is 12.6. The lowest BCUT2D eigenvalue weighted by atomic mass is 10.2. The van der Waals surface area contributed by atoms with Crippen molar-refractivity contribution in [2.24, 2.45) is 5.10 Å². The highest BCUT2D eigenvalue weighted by Crippen LogP contribution is 2.22. The third-order valence-corrected chi connectivity index (χ3v) is 6.76. The summed E-state index contributed by atoms with van der Waals surface area (Å²) in [5.41, 5.74) is 11.3. The molecule has 2 aromatic carbocycles. The lowest BCUT2D eigenvalue weighted by Crippen LogP contribution is -2.16. The highest BCUT2D eigenvalue weighted by atomic mass is 16.5. The van der Waals surface area contributed by atoms with Gasteiger partial charge in [0.1, 0.15) is 18.1 Å². The van der Waals surface area contributed by atoms with Gasteiger partial charge in [-0.1, -0.05) is 17.7 Å². The van der Waals surface area contributed by atoms with Gasteiger partial charge in [0.05, 0.1) is 6.21 Å². The maximum Gasteiger partial charge on any atom is 0.307 e. The number of nitrogens with zero attached hydrogens (tertiary/aromatic N) is 3. The van der Waals surface area contributed by atoms with Crippen molar-refractivity contribution in [2.75, 3.05) is 0 Å². The van der Waals surface area contributed by atoms with E-state index in [4.69, 9.17) is 9.15 Å². The molecule has 3 aromatic heterocycles. The summed E-state index contributed by atoms with van der Waals surface area (Å²) in [5, 5.41) is 4.15. The zero-order valence-electron chi connectivity index (χ0n) is 22.9. The molecule has 0 aliphatic carbocycles. The Hall–Kier alpha value is -4.78. The van der Waals surface area contributed by atoms with Gasteiger partial charge in [-0.15, -0.1) is 0 Å². The largest absolute Gasteiger partial charge is 0.486 e. The second kappa shape index (κ2) is 10.9. The van der Waals surface area contributed by atoms with Crippen molar-refractivity contribution in [2.45, 2.75) is 41.2 Å². The first-order chi connectivity index (χ1) is 18.8. The van der Waals surface area contributed by atoms with Crippen molar-refractivity contribution in [3.8, 4) is 17.1 Å². The van der Waals surface area contributed by atoms with E-state index in [9.17, 15) is 4.79 Å². The highest BCUT2D eigenvalue weighted by molar-refractivity contribution is 5.92. The molecule has 0 saturated carbocycles. The molecule has 0 aliphatic rings. The Labute approximate surface area is 228 Å². The van der Waals surface area contributed by atoms with Gasteiger partial charge in [-0.25, -0.2) is 5.43 Å². The standard InChI is InChI=1S/C32H32N4O3/c1-21-6-10-28(11-7-21)36-24(4)18-26(25(36)5)19-33-34-32(37)31-17-16-30(39-31)20-38-29-14-12-27(13-15-29)35-22(2)8-9-23(35)3/h6-19H,20H2,1-5H3,(H,34,37)/b33-19+. The second-order valence-corrected chi connectivity index (χ2v) is 9.70. The Kier molecular flexibility index (Phi) is 7.23. The van der Waals surface area contributed by atoms with Crippen LogP contribution in [0.3, 0.4) is 0 Å². The van der Waals surface area contributed by atoms with E-state index in [0.29, 0.717) is 5.76 Å². The predicted octanol–water partition coefficient (Wildman–Crippen LogP) is 6.75. The number of ether oxygens (including phenoxy) is 1. The van der Waals surface area contributed by atoms with Crippen LogP contribution >= 0.6 is 0 Å². The number of nitrogens with one attached hydrogen (secondary N) is 1. The summed E-state index contributed by atoms with van der Waals surface area (Å²) in [5.74, 6) is 1.01. The van der Waals surface area contributed by atoms with E-state index in [-0.39, 0.29) is 12.4 Å². The van der Waals surface area contributed by atoms with E-state index >= 15 is 0 Å². The quantitative estimate of drug-likeness (QED) is 0.182. The molecule has 0 spiro atoms. The fourth-order valence-electron chi connectivity index (χ4n) is 4.72. The molecule has 7 heteroatoms. The summed E-state index contributed by atoms with van der Waals surface area (Å²) in [6.45, 7) is 10.5. The number of carbonyl (C=O) groups is 1. The van der Waals surface area contributed by atoms with Gasteiger partial charge in [0.25, 0.3) is 0 Å². The highest BCUT2D eigenvalue weighted by Gasteiger charge is 2.13. The number of furan rings is 1. The molecular weight excluding hydrogens is 488 g/mol. The van der Waals surface area contributed by atoms with Crippen molar-refractivity contribution >= 4 is 12.1 Å². The Bertz CT molecular complexity index is 1610. The van der Waals surface area contributed by atoms with Gasteiger partial charge in [0, 0.05) is 39.7 Å². The lowest BCUT2D eigenvalue weighted by molar-refractivity contribution is 0.0923. The molecule has 0 fully saturated rings. The number of amides is 1. The van der Waals surface area contributed by atoms with E-state index in [1.807, 2.05) is 44.2 Å². The minimum atomic E-state index is -0.424. The maximum atomic E-state index is 12.6. The Morgan fingerprint density at radius 1 is 0.821 bits per heavy atom. The molecule has 7 nitrogen and oxygen atoms in total. The molecule has 5 aromatic rings. The van der Waals surface area contributed by atoms with Crippen LogP contribution in [0.1, 0.15) is 50.2 Å². The summed E-state index contributed by atoms with van der Waals surface area (Å²) < 4.78 is 15.9. The zero-order chi connectivity index (χ0) is 27.5. The van der Waals surface area contributed by atoms with E-state index in [1.54, 1.807) is 18.3 Å². The normalized spacial score (nSPS) is 11.3. The molecule has 0 radical (unpaired) electrons. The van der Waals surface area contributed by atoms with Crippen LogP contribution in [0.15, 0.2) is 88.4 Å². The van der Waals surface area contributed by atoms with E-state index < -0.39 is 5.91 Å². The molecule has 1 amide bonds. The van der Waals surface area contributed by atoms with E-state index in [0.717, 1.165) is 34.1 Å². The van der Waals surface area contributed by atoms with Crippen LogP contribution in [-0.4, -0.2) is 21.3 Å². The first-order valence-corrected chi connectivity index (χ1v) is 12.9. The third kappa shape index (κ3) is 5.57. The fraction of sp³-hybridized carbons (Fsp3) is 0.188. The SMILES string of the molecule is Cc1ccc(-n2c(C)cc(/C=N/NC(=O)c3ccc(COc4ccc(-n5c(C)ccc5C)cc4)o3)c2C)cc1. The molecule has 0 aliphatic heterocycles. The average Bonchev–Trinajstić information content (AvgIpc) is 3.61. The molecule has 198 valence electrons. The number of rotatable bonds is 8. The van der Waals surface area contributed by atoms with Gasteiger partial charge in [-0.2, -0.15) is 5.10 Å². The number of benzene rings is 2. The van der Waals surface area contributed by atoms with Crippen LogP contribution in [0.5, 0.6) is 5.75 Å². The number of aryl methyl sites for hydroxylation is 4. The zero-order valence-corrected chi connectivity index (χ0v) is 22.9. The van der Waals surface area contributed by atoms with Crippen LogP contribution in [0.4, 0.5) is 0 Å². The van der Waals surface area contributed by atoms with Gasteiger partial charge in [0.15, 0.2) is 5.76 Å². The van der Waals surface area contributed by atoms with Gasteiger partial charge in [-0.05, 0) is 101 Å². The van der Waals surface area contributed by atoms with Crippen molar-refractivity contribution < 1.29 is 13.9 Å². The molecule has 0 bridgehead atoms. The summed E-state index contributed by atoms with van der Waals surface area (Å²) >= 11 is 0. The number of hydrazone groups is 1. The van der Waals surface area contributed by atoms with E-state index in [1.165, 1.54) is 17.0 Å². The lowest BCUT2D eigenvalue weighted by Gasteiger charge is -2.10. The van der Waals surface area contributed by atoms with Gasteiger partial charge < -0.3 is 18.3 Å². The Balaban J connectivity index is 1.17. The molecule has 1 N–H and O–H groups in total. The second-order valence-electron chi connectivity index (χ2n) is 9.70. The first-order valence-electron chi connectivity index (χ1n) is 12.9. The summed E-state index contributed by atoms with van der Waals surface area (Å²) in [7, 11) is 0. The fourth-order valence-corrected chi connectivity index (χ4v) is 4.72. The smallest absolute Gasteiger partial charge is 0.307 e. The number of hydrogen-bond donors (Lipinski definition) is 1. The minimum Gasteiger partial charge on any atom is -0.486 e. The number of carbonyl (C=O) groups excluding carboxylic acids is 1. The van der Waals surface area contributed by atoms with Crippen LogP contribution < -0.4 is 10.2 Å². The van der Waals surface area contributed by atoms with Crippen molar-refractivity contribution in [1.82, 2.24) is 14.6 Å². The number of hydrogen-bond acceptors (Lipinski definition) is 4. The van der Waals surface area contributed by atoms with Crippen LogP contribution in [0.2, 0.25) is 0 Å². The molecular formula is C32H32N4O3. The molecule has 3 heterocycles. The minimum absolute atomic E-state index is 0.171. The third-order valence-electron chi connectivity index (χ3n) is 6.76. The molecule has 0 saturated heterocycles. The molecule has 39 heavy (non-hydrogen) atoms. The van der Waals surface area contributed by atoms with E-state index in [2.05, 4.69) is 76.8 Å². The van der Waals surface area contributed by atoms with Crippen molar-refractivity contribution in [3.63, 3.8) is 0 Å². The van der Waals surface area contributed by atoms with Crippen LogP contribution in [0, 0.1) is 34.6 Å². The van der Waals surface area contributed by atoms with Gasteiger partial charge in [0.2, 0.25) is 0 Å². The monoisotopic (exact) mass is 520 g/mol. The Morgan fingerprint density at radius 2 is 1.46 bits per heavy atom. The first kappa shape index (κ1) is 25.9. The van der Waals surface area contributed by atoms with Crippen molar-refractivity contribution in [3.05, 3.63) is 124 Å². The van der Waals surface area contributed by atoms with Crippen LogP contribution in [0.25, 0.3) is 11.4 Å². The molecule has 5 rings (SSSR count). The number of aromatic nitrogens is 2. The predicted molar refractivity (Wildman–Crippen MR) is 153 cm³/mol. The topological polar surface area (TPSA) is 73.7 Å². The van der Waals surface area contributed by atoms with Gasteiger partial charge >= 0.3 is 5.91 Å².